The second-order valence-electron chi connectivity index (χ2n) is 8.26. The predicted octanol–water partition coefficient (Wildman–Crippen LogP) is 3.94. The Morgan fingerprint density at radius 3 is 2.45 bits per heavy atom. The van der Waals surface area contributed by atoms with Gasteiger partial charge in [0.05, 0.1) is 0 Å². The molecule has 0 aliphatic carbocycles. The van der Waals surface area contributed by atoms with Gasteiger partial charge in [-0.3, -0.25) is 14.6 Å². The van der Waals surface area contributed by atoms with E-state index in [9.17, 15) is 14.0 Å². The molecule has 0 spiro atoms. The minimum absolute atomic E-state index is 0.0216. The van der Waals surface area contributed by atoms with Gasteiger partial charge in [-0.1, -0.05) is 23.7 Å². The molecule has 172 valence electrons. The van der Waals surface area contributed by atoms with Gasteiger partial charge in [0.2, 0.25) is 5.91 Å². The number of pyridine rings is 1. The molecule has 0 unspecified atom stereocenters. The molecule has 0 bridgehead atoms. The number of carbonyl (C=O) groups is 2. The Hall–Kier alpha value is -3.19. The summed E-state index contributed by atoms with van der Waals surface area (Å²) in [5.41, 5.74) is 2.36. The van der Waals surface area contributed by atoms with Gasteiger partial charge in [-0.25, -0.2) is 4.39 Å². The summed E-state index contributed by atoms with van der Waals surface area (Å²) < 4.78 is 15.6. The zero-order valence-electron chi connectivity index (χ0n) is 18.2. The average Bonchev–Trinajstić information content (AvgIpc) is 3.20. The average molecular weight is 469 g/mol. The maximum absolute atomic E-state index is 14.0. The highest BCUT2D eigenvalue weighted by atomic mass is 35.5. The van der Waals surface area contributed by atoms with Crippen LogP contribution >= 0.6 is 11.6 Å². The highest BCUT2D eigenvalue weighted by molar-refractivity contribution is 6.30. The fourth-order valence-corrected chi connectivity index (χ4v) is 4.23. The van der Waals surface area contributed by atoms with Gasteiger partial charge >= 0.3 is 0 Å². The molecule has 4 rings (SSSR count). The number of nitrogens with one attached hydrogen (secondary N) is 1. The van der Waals surface area contributed by atoms with Gasteiger partial charge in [-0.15, -0.1) is 0 Å². The first kappa shape index (κ1) is 23.0. The van der Waals surface area contributed by atoms with Gasteiger partial charge in [0, 0.05) is 61.8 Å². The molecule has 1 aliphatic heterocycles. The topological polar surface area (TPSA) is 67.2 Å². The molecule has 1 aliphatic rings. The van der Waals surface area contributed by atoms with E-state index in [1.165, 1.54) is 12.3 Å². The maximum atomic E-state index is 14.0. The summed E-state index contributed by atoms with van der Waals surface area (Å²) in [7, 11) is 0. The molecule has 8 heteroatoms. The Morgan fingerprint density at radius 2 is 1.76 bits per heavy atom. The van der Waals surface area contributed by atoms with E-state index >= 15 is 0 Å². The van der Waals surface area contributed by atoms with Gasteiger partial charge in [0.1, 0.15) is 11.5 Å². The summed E-state index contributed by atoms with van der Waals surface area (Å²) in [4.78, 5) is 31.3. The number of carbonyl (C=O) groups excluding carboxylic acids is 2. The van der Waals surface area contributed by atoms with Crippen molar-refractivity contribution in [3.63, 3.8) is 0 Å². The normalized spacial score (nSPS) is 14.3. The summed E-state index contributed by atoms with van der Waals surface area (Å²) in [6.07, 6.45) is 6.75. The molecule has 3 heterocycles. The third-order valence-electron chi connectivity index (χ3n) is 5.96. The zero-order valence-corrected chi connectivity index (χ0v) is 19.0. The van der Waals surface area contributed by atoms with Gasteiger partial charge in [0.15, 0.2) is 0 Å². The molecular formula is C25H26ClFN4O2. The molecule has 2 aromatic heterocycles. The summed E-state index contributed by atoms with van der Waals surface area (Å²) in [6.45, 7) is 1.88. The number of halogens is 2. The summed E-state index contributed by atoms with van der Waals surface area (Å²) in [5.74, 6) is -0.766. The molecule has 33 heavy (non-hydrogen) atoms. The lowest BCUT2D eigenvalue weighted by atomic mass is 9.95. The van der Waals surface area contributed by atoms with Gasteiger partial charge in [0.25, 0.3) is 5.91 Å². The van der Waals surface area contributed by atoms with Crippen molar-refractivity contribution in [1.29, 1.82) is 0 Å². The van der Waals surface area contributed by atoms with E-state index in [0.29, 0.717) is 49.7 Å². The summed E-state index contributed by atoms with van der Waals surface area (Å²) in [5, 5.41) is 3.62. The number of amides is 2. The highest BCUT2D eigenvalue weighted by Crippen LogP contribution is 2.21. The van der Waals surface area contributed by atoms with Crippen molar-refractivity contribution in [1.82, 2.24) is 19.8 Å². The Morgan fingerprint density at radius 1 is 1.06 bits per heavy atom. The van der Waals surface area contributed by atoms with E-state index in [1.54, 1.807) is 34.0 Å². The van der Waals surface area contributed by atoms with Crippen molar-refractivity contribution in [2.75, 3.05) is 19.6 Å². The molecule has 1 aromatic carbocycles. The molecular weight excluding hydrogens is 443 g/mol. The van der Waals surface area contributed by atoms with Gasteiger partial charge in [-0.2, -0.15) is 0 Å². The van der Waals surface area contributed by atoms with Gasteiger partial charge < -0.3 is 14.8 Å². The molecule has 0 atom stereocenters. The lowest BCUT2D eigenvalue weighted by molar-refractivity contribution is -0.126. The number of nitrogens with zero attached hydrogens (tertiary/aromatic N) is 3. The smallest absolute Gasteiger partial charge is 0.270 e. The van der Waals surface area contributed by atoms with Crippen LogP contribution in [0.5, 0.6) is 0 Å². The fraction of sp³-hybridized carbons (Fsp3) is 0.320. The number of hydrogen-bond donors (Lipinski definition) is 1. The molecule has 6 nitrogen and oxygen atoms in total. The molecule has 1 fully saturated rings. The fourth-order valence-electron chi connectivity index (χ4n) is 4.10. The second-order valence-corrected chi connectivity index (χ2v) is 8.70. The molecule has 3 aromatic rings. The number of aromatic nitrogens is 2. The van der Waals surface area contributed by atoms with Crippen molar-refractivity contribution in [2.24, 2.45) is 5.92 Å². The van der Waals surface area contributed by atoms with E-state index in [4.69, 9.17) is 11.6 Å². The largest absolute Gasteiger partial charge is 0.356 e. The second kappa shape index (κ2) is 10.6. The van der Waals surface area contributed by atoms with Crippen LogP contribution in [-0.4, -0.2) is 45.9 Å². The van der Waals surface area contributed by atoms with Gasteiger partial charge in [-0.05, 0) is 54.7 Å². The van der Waals surface area contributed by atoms with Crippen LogP contribution in [0.2, 0.25) is 5.02 Å². The first-order valence-electron chi connectivity index (χ1n) is 11.1. The van der Waals surface area contributed by atoms with Crippen LogP contribution in [0.25, 0.3) is 0 Å². The quantitative estimate of drug-likeness (QED) is 0.571. The third kappa shape index (κ3) is 5.99. The monoisotopic (exact) mass is 468 g/mol. The van der Waals surface area contributed by atoms with Crippen LogP contribution in [0.1, 0.15) is 34.5 Å². The number of piperidine rings is 1. The third-order valence-corrected chi connectivity index (χ3v) is 6.22. The van der Waals surface area contributed by atoms with E-state index in [1.807, 2.05) is 24.3 Å². The maximum Gasteiger partial charge on any atom is 0.270 e. The van der Waals surface area contributed by atoms with Crippen molar-refractivity contribution in [3.05, 3.63) is 88.7 Å². The standard InChI is InChI=1S/C25H26ClFN4O2/c26-21-3-1-19(2-4-21)16-31-17-22(27)15-23(31)25(33)30-13-8-20(9-14-30)24(32)29-12-7-18-5-10-28-11-6-18/h1-6,10-11,15,17,20H,7-9,12-14,16H2,(H,29,32). The molecule has 0 radical (unpaired) electrons. The van der Waals surface area contributed by atoms with Crippen LogP contribution in [0.4, 0.5) is 4.39 Å². The number of rotatable bonds is 7. The van der Waals surface area contributed by atoms with E-state index < -0.39 is 5.82 Å². The molecule has 1 N–H and O–H groups in total. The zero-order chi connectivity index (χ0) is 23.2. The number of benzene rings is 1. The summed E-state index contributed by atoms with van der Waals surface area (Å²) >= 11 is 5.93. The minimum Gasteiger partial charge on any atom is -0.356 e. The van der Waals surface area contributed by atoms with Crippen LogP contribution < -0.4 is 5.32 Å². The van der Waals surface area contributed by atoms with Crippen LogP contribution in [0.3, 0.4) is 0 Å². The molecule has 0 saturated carbocycles. The van der Waals surface area contributed by atoms with Crippen molar-refractivity contribution in [3.8, 4) is 0 Å². The Kier molecular flexibility index (Phi) is 7.40. The molecule has 2 amide bonds. The van der Waals surface area contributed by atoms with Crippen LogP contribution in [0.15, 0.2) is 61.1 Å². The SMILES string of the molecule is O=C(NCCc1ccncc1)C1CCN(C(=O)c2cc(F)cn2Cc2ccc(Cl)cc2)CC1. The number of likely N-dealkylation sites (tertiary alicyclic amines) is 1. The minimum atomic E-state index is -0.448. The van der Waals surface area contributed by atoms with Crippen molar-refractivity contribution >= 4 is 23.4 Å². The first-order chi connectivity index (χ1) is 16.0. The lowest BCUT2D eigenvalue weighted by Crippen LogP contribution is -2.43. The summed E-state index contributed by atoms with van der Waals surface area (Å²) in [6, 6.07) is 12.4. The Bertz CT molecular complexity index is 1090. The number of hydrogen-bond acceptors (Lipinski definition) is 3. The lowest BCUT2D eigenvalue weighted by Gasteiger charge is -2.31. The van der Waals surface area contributed by atoms with Crippen molar-refractivity contribution in [2.45, 2.75) is 25.8 Å². The van der Waals surface area contributed by atoms with Crippen LogP contribution in [-0.2, 0) is 17.8 Å². The highest BCUT2D eigenvalue weighted by Gasteiger charge is 2.29. The molecule has 1 saturated heterocycles. The van der Waals surface area contributed by atoms with E-state index in [-0.39, 0.29) is 17.7 Å². The van der Waals surface area contributed by atoms with Crippen molar-refractivity contribution < 1.29 is 14.0 Å². The first-order valence-corrected chi connectivity index (χ1v) is 11.4. The van der Waals surface area contributed by atoms with E-state index in [2.05, 4.69) is 10.3 Å². The predicted molar refractivity (Wildman–Crippen MR) is 125 cm³/mol. The Balaban J connectivity index is 1.30. The van der Waals surface area contributed by atoms with Crippen LogP contribution in [0, 0.1) is 11.7 Å². The van der Waals surface area contributed by atoms with E-state index in [0.717, 1.165) is 17.5 Å². The Labute approximate surface area is 197 Å².